The summed E-state index contributed by atoms with van der Waals surface area (Å²) in [5.74, 6) is 2.36. The SMILES string of the molecule is c1nc(-c2n[nH]c(C3CCCCC3)n2)cs1. The van der Waals surface area contributed by atoms with Gasteiger partial charge in [-0.3, -0.25) is 5.10 Å². The molecule has 0 aliphatic heterocycles. The van der Waals surface area contributed by atoms with E-state index >= 15 is 0 Å². The van der Waals surface area contributed by atoms with Gasteiger partial charge in [-0.2, -0.15) is 5.10 Å². The van der Waals surface area contributed by atoms with E-state index in [4.69, 9.17) is 0 Å². The number of nitrogens with zero attached hydrogens (tertiary/aromatic N) is 3. The van der Waals surface area contributed by atoms with Gasteiger partial charge in [0.2, 0.25) is 5.82 Å². The van der Waals surface area contributed by atoms with Gasteiger partial charge in [0.15, 0.2) is 0 Å². The van der Waals surface area contributed by atoms with Crippen LogP contribution in [0.15, 0.2) is 10.9 Å². The van der Waals surface area contributed by atoms with E-state index in [2.05, 4.69) is 20.2 Å². The molecule has 0 unspecified atom stereocenters. The first kappa shape index (κ1) is 9.96. The topological polar surface area (TPSA) is 54.5 Å². The number of rotatable bonds is 2. The van der Waals surface area contributed by atoms with Crippen molar-refractivity contribution in [1.82, 2.24) is 20.2 Å². The number of hydrogen-bond donors (Lipinski definition) is 1. The van der Waals surface area contributed by atoms with Crippen LogP contribution in [0.2, 0.25) is 0 Å². The molecule has 2 heterocycles. The Morgan fingerprint density at radius 3 is 2.88 bits per heavy atom. The second-order valence-electron chi connectivity index (χ2n) is 4.25. The molecule has 0 atom stereocenters. The Kier molecular flexibility index (Phi) is 2.70. The van der Waals surface area contributed by atoms with Gasteiger partial charge in [0.25, 0.3) is 0 Å². The van der Waals surface area contributed by atoms with Crippen LogP contribution in [0.3, 0.4) is 0 Å². The fourth-order valence-corrected chi connectivity index (χ4v) is 2.80. The summed E-state index contributed by atoms with van der Waals surface area (Å²) in [5, 5.41) is 9.29. The minimum Gasteiger partial charge on any atom is -0.262 e. The van der Waals surface area contributed by atoms with Gasteiger partial charge in [-0.1, -0.05) is 19.3 Å². The van der Waals surface area contributed by atoms with Crippen LogP contribution in [0, 0.1) is 0 Å². The summed E-state index contributed by atoms with van der Waals surface area (Å²) in [4.78, 5) is 8.77. The summed E-state index contributed by atoms with van der Waals surface area (Å²) in [5.41, 5.74) is 2.69. The summed E-state index contributed by atoms with van der Waals surface area (Å²) in [6, 6.07) is 0. The summed E-state index contributed by atoms with van der Waals surface area (Å²) < 4.78 is 0. The fourth-order valence-electron chi connectivity index (χ4n) is 2.27. The van der Waals surface area contributed by atoms with Gasteiger partial charge in [0.05, 0.1) is 5.51 Å². The second-order valence-corrected chi connectivity index (χ2v) is 4.97. The van der Waals surface area contributed by atoms with E-state index in [-0.39, 0.29) is 0 Å². The summed E-state index contributed by atoms with van der Waals surface area (Å²) >= 11 is 1.57. The van der Waals surface area contributed by atoms with E-state index in [0.717, 1.165) is 17.3 Å². The lowest BCUT2D eigenvalue weighted by atomic mass is 9.89. The first-order valence-corrected chi connectivity index (χ1v) is 6.68. The van der Waals surface area contributed by atoms with Crippen LogP contribution in [0.25, 0.3) is 11.5 Å². The Bertz CT molecular complexity index is 442. The maximum Gasteiger partial charge on any atom is 0.200 e. The van der Waals surface area contributed by atoms with Gasteiger partial charge in [0.1, 0.15) is 11.5 Å². The number of thiazole rings is 1. The molecule has 2 aromatic rings. The fraction of sp³-hybridized carbons (Fsp3) is 0.545. The lowest BCUT2D eigenvalue weighted by molar-refractivity contribution is 0.429. The highest BCUT2D eigenvalue weighted by Gasteiger charge is 2.19. The average molecular weight is 234 g/mol. The molecule has 0 spiro atoms. The third-order valence-corrected chi connectivity index (χ3v) is 3.74. The van der Waals surface area contributed by atoms with Crippen molar-refractivity contribution in [1.29, 1.82) is 0 Å². The number of aromatic nitrogens is 4. The molecule has 0 aromatic carbocycles. The van der Waals surface area contributed by atoms with Crippen molar-refractivity contribution in [3.63, 3.8) is 0 Å². The van der Waals surface area contributed by atoms with E-state index in [1.54, 1.807) is 11.3 Å². The zero-order valence-electron chi connectivity index (χ0n) is 9.02. The van der Waals surface area contributed by atoms with Crippen LogP contribution in [-0.4, -0.2) is 20.2 Å². The highest BCUT2D eigenvalue weighted by atomic mass is 32.1. The lowest BCUT2D eigenvalue weighted by Gasteiger charge is -2.18. The molecule has 3 rings (SSSR count). The number of aromatic amines is 1. The molecule has 2 aromatic heterocycles. The van der Waals surface area contributed by atoms with Crippen LogP contribution in [0.4, 0.5) is 0 Å². The molecule has 1 saturated carbocycles. The smallest absolute Gasteiger partial charge is 0.200 e. The molecule has 0 bridgehead atoms. The Morgan fingerprint density at radius 1 is 1.25 bits per heavy atom. The Morgan fingerprint density at radius 2 is 2.12 bits per heavy atom. The van der Waals surface area contributed by atoms with Crippen LogP contribution in [0.1, 0.15) is 43.8 Å². The minimum atomic E-state index is 0.577. The van der Waals surface area contributed by atoms with E-state index in [0.29, 0.717) is 5.92 Å². The van der Waals surface area contributed by atoms with Gasteiger partial charge in [0, 0.05) is 11.3 Å². The molecule has 1 fully saturated rings. The van der Waals surface area contributed by atoms with Crippen molar-refractivity contribution in [3.8, 4) is 11.5 Å². The van der Waals surface area contributed by atoms with Gasteiger partial charge in [-0.15, -0.1) is 11.3 Å². The highest BCUT2D eigenvalue weighted by molar-refractivity contribution is 7.07. The van der Waals surface area contributed by atoms with E-state index in [9.17, 15) is 0 Å². The first-order chi connectivity index (χ1) is 7.93. The molecule has 0 radical (unpaired) electrons. The molecule has 5 heteroatoms. The Hall–Kier alpha value is -1.23. The standard InChI is InChI=1S/C11H14N4S/c1-2-4-8(5-3-1)10-13-11(15-14-10)9-6-16-7-12-9/h6-8H,1-5H2,(H,13,14,15). The Labute approximate surface area is 98.1 Å². The van der Waals surface area contributed by atoms with Gasteiger partial charge >= 0.3 is 0 Å². The summed E-state index contributed by atoms with van der Waals surface area (Å²) in [7, 11) is 0. The average Bonchev–Trinajstić information content (AvgIpc) is 3.01. The van der Waals surface area contributed by atoms with Crippen molar-refractivity contribution in [3.05, 3.63) is 16.7 Å². The predicted molar refractivity (Wildman–Crippen MR) is 63.3 cm³/mol. The molecule has 1 aliphatic rings. The quantitative estimate of drug-likeness (QED) is 0.869. The largest absolute Gasteiger partial charge is 0.262 e. The maximum atomic E-state index is 4.55. The maximum absolute atomic E-state index is 4.55. The van der Waals surface area contributed by atoms with Crippen molar-refractivity contribution in [2.45, 2.75) is 38.0 Å². The summed E-state index contributed by atoms with van der Waals surface area (Å²) in [6.07, 6.45) is 6.48. The lowest BCUT2D eigenvalue weighted by Crippen LogP contribution is -2.06. The number of hydrogen-bond acceptors (Lipinski definition) is 4. The molecular weight excluding hydrogens is 220 g/mol. The Balaban J connectivity index is 1.82. The van der Waals surface area contributed by atoms with Gasteiger partial charge in [-0.05, 0) is 12.8 Å². The first-order valence-electron chi connectivity index (χ1n) is 5.74. The predicted octanol–water partition coefficient (Wildman–Crippen LogP) is 2.98. The third kappa shape index (κ3) is 1.87. The van der Waals surface area contributed by atoms with Crippen molar-refractivity contribution in [2.75, 3.05) is 0 Å². The molecule has 1 aliphatic carbocycles. The number of H-pyrrole nitrogens is 1. The van der Waals surface area contributed by atoms with E-state index in [1.807, 2.05) is 10.9 Å². The number of nitrogens with one attached hydrogen (secondary N) is 1. The van der Waals surface area contributed by atoms with Gasteiger partial charge < -0.3 is 0 Å². The molecule has 16 heavy (non-hydrogen) atoms. The molecule has 4 nitrogen and oxygen atoms in total. The van der Waals surface area contributed by atoms with Crippen LogP contribution < -0.4 is 0 Å². The molecular formula is C11H14N4S. The summed E-state index contributed by atoms with van der Waals surface area (Å²) in [6.45, 7) is 0. The molecule has 0 amide bonds. The van der Waals surface area contributed by atoms with Crippen LogP contribution in [0.5, 0.6) is 0 Å². The van der Waals surface area contributed by atoms with Crippen LogP contribution >= 0.6 is 11.3 Å². The third-order valence-electron chi connectivity index (χ3n) is 3.16. The van der Waals surface area contributed by atoms with Crippen molar-refractivity contribution < 1.29 is 0 Å². The van der Waals surface area contributed by atoms with E-state index in [1.165, 1.54) is 32.1 Å². The van der Waals surface area contributed by atoms with Crippen molar-refractivity contribution >= 4 is 11.3 Å². The molecule has 1 N–H and O–H groups in total. The molecule has 84 valence electrons. The second kappa shape index (κ2) is 4.33. The normalized spacial score (nSPS) is 17.8. The van der Waals surface area contributed by atoms with Crippen LogP contribution in [-0.2, 0) is 0 Å². The molecule has 0 saturated heterocycles. The highest BCUT2D eigenvalue weighted by Crippen LogP contribution is 2.31. The zero-order chi connectivity index (χ0) is 10.8. The van der Waals surface area contributed by atoms with Crippen molar-refractivity contribution in [2.24, 2.45) is 0 Å². The van der Waals surface area contributed by atoms with Gasteiger partial charge in [-0.25, -0.2) is 9.97 Å². The zero-order valence-corrected chi connectivity index (χ0v) is 9.83. The minimum absolute atomic E-state index is 0.577. The monoisotopic (exact) mass is 234 g/mol. The van der Waals surface area contributed by atoms with E-state index < -0.39 is 0 Å².